The number of Topliss-reactive ketones (excluding diaryl/α,β-unsaturated/α-hetero) is 1. The Morgan fingerprint density at radius 2 is 1.62 bits per heavy atom. The Kier molecular flexibility index (Phi) is 9.05. The van der Waals surface area contributed by atoms with Crippen molar-refractivity contribution in [1.82, 2.24) is 0 Å². The summed E-state index contributed by atoms with van der Waals surface area (Å²) in [5.74, 6) is -0.447. The number of allylic oxidation sites excluding steroid dienone is 1. The van der Waals surface area contributed by atoms with Gasteiger partial charge < -0.3 is 15.2 Å². The smallest absolute Gasteiger partial charge is 0.309 e. The standard InChI is InChI=1S/C42H58ClNO6/c1-24(2)33-28(45)22-42(35(47)44-27-13-11-10-12-26(27)43)21-20-40(8)25(34(33)42)14-15-30-39(7)18-17-31(50-32(46)23-37(3,4)36(48)49)38(5,6)29(39)16-19-41(30,40)9/h10-13,24-25,29-31H,14-23H2,1-9H3,(H,44,47)(H,48,49)/t25?,29?,30?,31-,39-,40+,41+,42+/m0/s1. The molecule has 0 spiro atoms. The van der Waals surface area contributed by atoms with Crippen molar-refractivity contribution < 1.29 is 29.0 Å². The van der Waals surface area contributed by atoms with Crippen molar-refractivity contribution in [2.75, 3.05) is 5.32 Å². The summed E-state index contributed by atoms with van der Waals surface area (Å²) in [6, 6.07) is 7.32. The molecule has 5 aliphatic carbocycles. The molecule has 8 atom stereocenters. The number of amides is 1. The number of halogens is 1. The monoisotopic (exact) mass is 707 g/mol. The average molecular weight is 708 g/mol. The first-order chi connectivity index (χ1) is 23.2. The summed E-state index contributed by atoms with van der Waals surface area (Å²) >= 11 is 6.50. The van der Waals surface area contributed by atoms with E-state index in [1.54, 1.807) is 19.9 Å². The predicted molar refractivity (Wildman–Crippen MR) is 195 cm³/mol. The largest absolute Gasteiger partial charge is 0.481 e. The first-order valence-electron chi connectivity index (χ1n) is 18.9. The zero-order valence-electron chi connectivity index (χ0n) is 31.6. The first-order valence-corrected chi connectivity index (χ1v) is 19.3. The molecular formula is C42H58ClNO6. The maximum atomic E-state index is 14.5. The summed E-state index contributed by atoms with van der Waals surface area (Å²) < 4.78 is 6.14. The van der Waals surface area contributed by atoms with Crippen molar-refractivity contribution in [2.24, 2.45) is 56.2 Å². The second kappa shape index (κ2) is 12.2. The van der Waals surface area contributed by atoms with Crippen LogP contribution in [0.3, 0.4) is 0 Å². The summed E-state index contributed by atoms with van der Waals surface area (Å²) in [7, 11) is 0. The fraction of sp³-hybridized carbons (Fsp3) is 0.714. The van der Waals surface area contributed by atoms with Gasteiger partial charge in [0.15, 0.2) is 5.78 Å². The maximum Gasteiger partial charge on any atom is 0.309 e. The molecule has 4 fully saturated rings. The number of ketones is 1. The van der Waals surface area contributed by atoms with Crippen LogP contribution in [0.5, 0.6) is 0 Å². The predicted octanol–water partition coefficient (Wildman–Crippen LogP) is 9.67. The number of hydrogen-bond acceptors (Lipinski definition) is 5. The lowest BCUT2D eigenvalue weighted by atomic mass is 9.33. The Hall–Kier alpha value is -2.67. The Bertz CT molecular complexity index is 1640. The number of carbonyl (C=O) groups excluding carboxylic acids is 3. The number of ether oxygens (including phenoxy) is 1. The SMILES string of the molecule is CC(C)C1=C2C3CCC4[C@@]5(C)CC[C@H](OC(=O)CC(C)(C)C(=O)O)C(C)(C)C5CC[C@@]4(C)[C@]3(C)CC[C@@]2(C(=O)Nc2ccccc2Cl)CC1=O. The molecule has 0 bridgehead atoms. The molecule has 50 heavy (non-hydrogen) atoms. The lowest BCUT2D eigenvalue weighted by molar-refractivity contribution is -0.233. The van der Waals surface area contributed by atoms with Crippen LogP contribution in [-0.4, -0.2) is 34.8 Å². The van der Waals surface area contributed by atoms with Crippen LogP contribution in [-0.2, 0) is 23.9 Å². The van der Waals surface area contributed by atoms with Crippen molar-refractivity contribution in [2.45, 2.75) is 133 Å². The third-order valence-electron chi connectivity index (χ3n) is 15.4. The minimum absolute atomic E-state index is 0.00161. The number of carboxylic acid groups (broad SMARTS) is 1. The van der Waals surface area contributed by atoms with Crippen molar-refractivity contribution in [3.05, 3.63) is 40.4 Å². The Morgan fingerprint density at radius 1 is 0.940 bits per heavy atom. The summed E-state index contributed by atoms with van der Waals surface area (Å²) in [4.78, 5) is 53.2. The number of carbonyl (C=O) groups is 4. The lowest BCUT2D eigenvalue weighted by Gasteiger charge is -2.72. The Balaban J connectivity index is 1.31. The summed E-state index contributed by atoms with van der Waals surface area (Å²) in [6.07, 6.45) is 7.09. The van der Waals surface area contributed by atoms with Gasteiger partial charge in [-0.2, -0.15) is 0 Å². The molecule has 0 heterocycles. The molecule has 6 rings (SSSR count). The molecule has 1 aromatic carbocycles. The fourth-order valence-electron chi connectivity index (χ4n) is 12.5. The van der Waals surface area contributed by atoms with Crippen LogP contribution in [0.15, 0.2) is 35.4 Å². The van der Waals surface area contributed by atoms with Crippen LogP contribution in [0.2, 0.25) is 5.02 Å². The van der Waals surface area contributed by atoms with Crippen molar-refractivity contribution in [3.8, 4) is 0 Å². The van der Waals surface area contributed by atoms with Crippen molar-refractivity contribution >= 4 is 40.9 Å². The molecule has 0 saturated heterocycles. The number of nitrogens with one attached hydrogen (secondary N) is 1. The van der Waals surface area contributed by atoms with E-state index in [-0.39, 0.29) is 64.1 Å². The third-order valence-corrected chi connectivity index (χ3v) is 15.7. The highest BCUT2D eigenvalue weighted by atomic mass is 35.5. The number of anilines is 1. The average Bonchev–Trinajstić information content (AvgIpc) is 3.33. The van der Waals surface area contributed by atoms with Gasteiger partial charge in [0.2, 0.25) is 5.91 Å². The summed E-state index contributed by atoms with van der Waals surface area (Å²) in [5.41, 5.74) is 0.226. The highest BCUT2D eigenvalue weighted by Gasteiger charge is 2.71. The van der Waals surface area contributed by atoms with Crippen molar-refractivity contribution in [3.63, 3.8) is 0 Å². The van der Waals surface area contributed by atoms with Gasteiger partial charge in [0, 0.05) is 11.8 Å². The number of benzene rings is 1. The fourth-order valence-corrected chi connectivity index (χ4v) is 12.7. The van der Waals surface area contributed by atoms with Crippen LogP contribution in [0.25, 0.3) is 0 Å². The molecule has 7 nitrogen and oxygen atoms in total. The van der Waals surface area contributed by atoms with Crippen LogP contribution in [0, 0.1) is 56.2 Å². The molecule has 5 aliphatic rings. The summed E-state index contributed by atoms with van der Waals surface area (Å²) in [5, 5.41) is 13.2. The van der Waals surface area contributed by atoms with Gasteiger partial charge in [-0.05, 0) is 128 Å². The maximum absolute atomic E-state index is 14.5. The second-order valence-electron chi connectivity index (χ2n) is 18.9. The van der Waals surface area contributed by atoms with Gasteiger partial charge in [-0.25, -0.2) is 0 Å². The highest BCUT2D eigenvalue weighted by molar-refractivity contribution is 6.33. The van der Waals surface area contributed by atoms with Gasteiger partial charge in [-0.15, -0.1) is 0 Å². The van der Waals surface area contributed by atoms with Crippen LogP contribution < -0.4 is 5.32 Å². The zero-order chi connectivity index (χ0) is 36.8. The number of esters is 1. The molecule has 3 unspecified atom stereocenters. The number of hydrogen-bond donors (Lipinski definition) is 2. The molecule has 0 aromatic heterocycles. The topological polar surface area (TPSA) is 110 Å². The number of aliphatic carboxylic acids is 1. The highest BCUT2D eigenvalue weighted by Crippen LogP contribution is 2.76. The van der Waals surface area contributed by atoms with Gasteiger partial charge in [0.25, 0.3) is 0 Å². The normalized spacial score (nSPS) is 37.7. The van der Waals surface area contributed by atoms with E-state index in [9.17, 15) is 24.3 Å². The molecule has 0 radical (unpaired) electrons. The van der Waals surface area contributed by atoms with Gasteiger partial charge in [-0.1, -0.05) is 72.2 Å². The van der Waals surface area contributed by atoms with Crippen LogP contribution >= 0.6 is 11.6 Å². The minimum atomic E-state index is -1.17. The van der Waals surface area contributed by atoms with E-state index >= 15 is 0 Å². The van der Waals surface area contributed by atoms with Gasteiger partial charge in [0.05, 0.1) is 28.0 Å². The molecule has 274 valence electrons. The number of carboxylic acids is 1. The Morgan fingerprint density at radius 3 is 2.26 bits per heavy atom. The van der Waals surface area contributed by atoms with E-state index in [0.29, 0.717) is 29.0 Å². The summed E-state index contributed by atoms with van der Waals surface area (Å²) in [6.45, 7) is 19.3. The van der Waals surface area contributed by atoms with Crippen LogP contribution in [0.1, 0.15) is 127 Å². The first kappa shape index (κ1) is 37.1. The van der Waals surface area contributed by atoms with E-state index in [1.165, 1.54) is 0 Å². The minimum Gasteiger partial charge on any atom is -0.481 e. The molecule has 2 N–H and O–H groups in total. The van der Waals surface area contributed by atoms with E-state index in [4.69, 9.17) is 16.3 Å². The van der Waals surface area contributed by atoms with Crippen molar-refractivity contribution in [1.29, 1.82) is 0 Å². The number of para-hydroxylation sites is 1. The van der Waals surface area contributed by atoms with E-state index < -0.39 is 22.8 Å². The molecule has 0 aliphatic heterocycles. The lowest BCUT2D eigenvalue weighted by Crippen LogP contribution is -2.66. The molecular weight excluding hydrogens is 650 g/mol. The Labute approximate surface area is 303 Å². The van der Waals surface area contributed by atoms with Gasteiger partial charge in [0.1, 0.15) is 6.10 Å². The van der Waals surface area contributed by atoms with Gasteiger partial charge in [-0.3, -0.25) is 19.2 Å². The van der Waals surface area contributed by atoms with E-state index in [1.807, 2.05) is 18.2 Å². The quantitative estimate of drug-likeness (QED) is 0.273. The second-order valence-corrected chi connectivity index (χ2v) is 19.3. The van der Waals surface area contributed by atoms with Crippen LogP contribution in [0.4, 0.5) is 5.69 Å². The number of rotatable bonds is 7. The third kappa shape index (κ3) is 5.33. The molecule has 1 aromatic rings. The molecule has 1 amide bonds. The van der Waals surface area contributed by atoms with E-state index in [2.05, 4.69) is 53.8 Å². The zero-order valence-corrected chi connectivity index (χ0v) is 32.4. The van der Waals surface area contributed by atoms with Gasteiger partial charge >= 0.3 is 11.9 Å². The molecule has 8 heteroatoms. The number of fused-ring (bicyclic) bond motifs is 7. The van der Waals surface area contributed by atoms with E-state index in [0.717, 1.165) is 56.1 Å². The molecule has 4 saturated carbocycles.